The second-order valence-corrected chi connectivity index (χ2v) is 5.39. The summed E-state index contributed by atoms with van der Waals surface area (Å²) in [7, 11) is 0. The molecule has 84 valence electrons. The van der Waals surface area contributed by atoms with E-state index in [4.69, 9.17) is 5.26 Å². The van der Waals surface area contributed by atoms with E-state index in [2.05, 4.69) is 28.3 Å². The van der Waals surface area contributed by atoms with Gasteiger partial charge in [0.25, 0.3) is 0 Å². The van der Waals surface area contributed by atoms with Crippen LogP contribution in [0.2, 0.25) is 0 Å². The monoisotopic (exact) mass is 251 g/mol. The van der Waals surface area contributed by atoms with Crippen molar-refractivity contribution in [2.24, 2.45) is 4.99 Å². The van der Waals surface area contributed by atoms with Gasteiger partial charge in [-0.3, -0.25) is 0 Å². The maximum atomic E-state index is 8.66. The molecular formula is C11H13N3S2. The van der Waals surface area contributed by atoms with Crippen molar-refractivity contribution in [3.8, 4) is 6.19 Å². The van der Waals surface area contributed by atoms with E-state index in [1.165, 1.54) is 22.2 Å². The second-order valence-electron chi connectivity index (χ2n) is 3.62. The molecule has 0 bridgehead atoms. The molecule has 1 aliphatic rings. The molecule has 0 aliphatic carbocycles. The third kappa shape index (κ3) is 1.95. The highest BCUT2D eigenvalue weighted by atomic mass is 32.2. The third-order valence-electron chi connectivity index (χ3n) is 2.85. The van der Waals surface area contributed by atoms with Gasteiger partial charge in [-0.25, -0.2) is 0 Å². The van der Waals surface area contributed by atoms with Gasteiger partial charge in [0.15, 0.2) is 5.17 Å². The molecule has 0 aromatic carbocycles. The van der Waals surface area contributed by atoms with Gasteiger partial charge in [0, 0.05) is 11.4 Å². The van der Waals surface area contributed by atoms with Crippen LogP contribution in [0.1, 0.15) is 23.4 Å². The van der Waals surface area contributed by atoms with Crippen LogP contribution < -0.4 is 0 Å². The summed E-state index contributed by atoms with van der Waals surface area (Å²) < 4.78 is 0. The largest absolute Gasteiger partial charge is 0.343 e. The number of rotatable bonds is 0. The first kappa shape index (κ1) is 11.5. The molecule has 0 amide bonds. The van der Waals surface area contributed by atoms with Crippen molar-refractivity contribution in [3.63, 3.8) is 0 Å². The van der Waals surface area contributed by atoms with E-state index in [1.807, 2.05) is 23.8 Å². The van der Waals surface area contributed by atoms with Crippen molar-refractivity contribution in [2.75, 3.05) is 12.8 Å². The Bertz CT molecular complexity index is 444. The molecule has 1 aromatic heterocycles. The first-order valence-electron chi connectivity index (χ1n) is 5.11. The van der Waals surface area contributed by atoms with E-state index in [0.717, 1.165) is 18.1 Å². The minimum absolute atomic E-state index is 0.328. The molecule has 3 nitrogen and oxygen atoms in total. The number of fused-ring (bicyclic) bond motifs is 1. The Morgan fingerprint density at radius 3 is 3.25 bits per heavy atom. The molecule has 16 heavy (non-hydrogen) atoms. The van der Waals surface area contributed by atoms with Crippen molar-refractivity contribution in [3.05, 3.63) is 21.9 Å². The summed E-state index contributed by atoms with van der Waals surface area (Å²) in [5.74, 6) is 0. The van der Waals surface area contributed by atoms with Crippen molar-refractivity contribution >= 4 is 28.3 Å². The first-order chi connectivity index (χ1) is 7.77. The predicted molar refractivity (Wildman–Crippen MR) is 69.7 cm³/mol. The number of hydrogen-bond donors (Lipinski definition) is 0. The zero-order valence-electron chi connectivity index (χ0n) is 9.30. The van der Waals surface area contributed by atoms with E-state index in [9.17, 15) is 0 Å². The van der Waals surface area contributed by atoms with Crippen LogP contribution in [0.4, 0.5) is 0 Å². The molecule has 1 aliphatic heterocycles. The molecule has 0 saturated heterocycles. The highest BCUT2D eigenvalue weighted by molar-refractivity contribution is 8.13. The Labute approximate surface area is 104 Å². The minimum atomic E-state index is 0.328. The normalized spacial score (nSPS) is 20.4. The molecule has 1 unspecified atom stereocenters. The maximum absolute atomic E-state index is 8.66. The summed E-state index contributed by atoms with van der Waals surface area (Å²) >= 11 is 3.36. The fourth-order valence-electron chi connectivity index (χ4n) is 2.04. The van der Waals surface area contributed by atoms with Gasteiger partial charge in [0.1, 0.15) is 0 Å². The number of amidine groups is 1. The summed E-state index contributed by atoms with van der Waals surface area (Å²) in [5.41, 5.74) is 1.39. The Balaban J connectivity index is 2.28. The summed E-state index contributed by atoms with van der Waals surface area (Å²) in [4.78, 5) is 7.57. The van der Waals surface area contributed by atoms with Gasteiger partial charge in [-0.1, -0.05) is 11.8 Å². The lowest BCUT2D eigenvalue weighted by Crippen LogP contribution is -2.36. The van der Waals surface area contributed by atoms with Crippen LogP contribution in [0.15, 0.2) is 16.4 Å². The zero-order chi connectivity index (χ0) is 11.5. The molecule has 0 saturated carbocycles. The quantitative estimate of drug-likeness (QED) is 0.404. The standard InChI is InChI=1S/C11H13N3S2/c1-8-9-4-6-16-10(9)3-5-14(8)11(15-2)13-7-12/h4,6,8H,3,5H2,1-2H3. The smallest absolute Gasteiger partial charge is 0.208 e. The van der Waals surface area contributed by atoms with Crippen molar-refractivity contribution in [1.82, 2.24) is 4.90 Å². The van der Waals surface area contributed by atoms with Crippen LogP contribution in [-0.4, -0.2) is 22.9 Å². The lowest BCUT2D eigenvalue weighted by atomic mass is 10.0. The van der Waals surface area contributed by atoms with Crippen LogP contribution in [0.5, 0.6) is 0 Å². The van der Waals surface area contributed by atoms with Crippen molar-refractivity contribution in [2.45, 2.75) is 19.4 Å². The first-order valence-corrected chi connectivity index (χ1v) is 7.22. The van der Waals surface area contributed by atoms with E-state index >= 15 is 0 Å². The number of thioether (sulfide) groups is 1. The summed E-state index contributed by atoms with van der Waals surface area (Å²) in [5, 5.41) is 11.6. The molecule has 0 N–H and O–H groups in total. The van der Waals surface area contributed by atoms with Gasteiger partial charge in [-0.05, 0) is 36.6 Å². The molecular weight excluding hydrogens is 238 g/mol. The molecule has 2 heterocycles. The topological polar surface area (TPSA) is 39.4 Å². The van der Waals surface area contributed by atoms with Gasteiger partial charge in [0.2, 0.25) is 6.19 Å². The summed E-state index contributed by atoms with van der Waals surface area (Å²) in [6.45, 7) is 3.13. The van der Waals surface area contributed by atoms with Crippen LogP contribution in [0.25, 0.3) is 0 Å². The zero-order valence-corrected chi connectivity index (χ0v) is 10.9. The molecule has 0 spiro atoms. The highest BCUT2D eigenvalue weighted by Crippen LogP contribution is 2.34. The fourth-order valence-corrected chi connectivity index (χ4v) is 3.62. The van der Waals surface area contributed by atoms with Crippen LogP contribution in [0.3, 0.4) is 0 Å². The van der Waals surface area contributed by atoms with Crippen LogP contribution in [0, 0.1) is 11.5 Å². The van der Waals surface area contributed by atoms with E-state index in [-0.39, 0.29) is 0 Å². The van der Waals surface area contributed by atoms with E-state index in [0.29, 0.717) is 6.04 Å². The van der Waals surface area contributed by atoms with Gasteiger partial charge in [0.05, 0.1) is 6.04 Å². The number of thiophene rings is 1. The second kappa shape index (κ2) is 4.89. The predicted octanol–water partition coefficient (Wildman–Crippen LogP) is 2.87. The number of aliphatic imine (C=N–C) groups is 1. The highest BCUT2D eigenvalue weighted by Gasteiger charge is 2.26. The SMILES string of the molecule is CSC(=NC#N)N1CCc2sccc2C1C. The van der Waals surface area contributed by atoms with Crippen LogP contribution >= 0.6 is 23.1 Å². The van der Waals surface area contributed by atoms with Crippen molar-refractivity contribution < 1.29 is 0 Å². The molecule has 1 aromatic rings. The van der Waals surface area contributed by atoms with Gasteiger partial charge in [-0.15, -0.1) is 16.3 Å². The number of nitrogens with zero attached hydrogens (tertiary/aromatic N) is 3. The van der Waals surface area contributed by atoms with E-state index < -0.39 is 0 Å². The van der Waals surface area contributed by atoms with Gasteiger partial charge >= 0.3 is 0 Å². The van der Waals surface area contributed by atoms with Crippen LogP contribution in [-0.2, 0) is 6.42 Å². The molecule has 1 atom stereocenters. The Morgan fingerprint density at radius 1 is 1.75 bits per heavy atom. The molecule has 2 rings (SSSR count). The summed E-state index contributed by atoms with van der Waals surface area (Å²) in [6, 6.07) is 2.51. The molecule has 0 radical (unpaired) electrons. The lowest BCUT2D eigenvalue weighted by molar-refractivity contribution is 0.328. The van der Waals surface area contributed by atoms with Gasteiger partial charge in [-0.2, -0.15) is 5.26 Å². The fraction of sp³-hybridized carbons (Fsp3) is 0.455. The van der Waals surface area contributed by atoms with E-state index in [1.54, 1.807) is 0 Å². The summed E-state index contributed by atoms with van der Waals surface area (Å²) in [6.07, 6.45) is 4.90. The maximum Gasteiger partial charge on any atom is 0.208 e. The van der Waals surface area contributed by atoms with Crippen molar-refractivity contribution in [1.29, 1.82) is 5.26 Å². The number of nitriles is 1. The number of hydrogen-bond acceptors (Lipinski definition) is 4. The lowest BCUT2D eigenvalue weighted by Gasteiger charge is -2.34. The average Bonchev–Trinajstić information content (AvgIpc) is 2.76. The molecule has 5 heteroatoms. The third-order valence-corrected chi connectivity index (χ3v) is 4.54. The molecule has 0 fully saturated rings. The average molecular weight is 251 g/mol. The Morgan fingerprint density at radius 2 is 2.56 bits per heavy atom. The minimum Gasteiger partial charge on any atom is -0.343 e. The van der Waals surface area contributed by atoms with Gasteiger partial charge < -0.3 is 4.90 Å². The Kier molecular flexibility index (Phi) is 3.52. The Hall–Kier alpha value is -0.990.